The highest BCUT2D eigenvalue weighted by Gasteiger charge is 2.37. The Hall–Kier alpha value is -3.63. The van der Waals surface area contributed by atoms with Crippen molar-refractivity contribution >= 4 is 28.8 Å². The summed E-state index contributed by atoms with van der Waals surface area (Å²) in [5.41, 5.74) is 2.21. The van der Waals surface area contributed by atoms with Gasteiger partial charge in [-0.25, -0.2) is 4.98 Å². The fraction of sp³-hybridized carbons (Fsp3) is 0.292. The van der Waals surface area contributed by atoms with E-state index in [1.807, 2.05) is 33.4 Å². The molecule has 2 fully saturated rings. The van der Waals surface area contributed by atoms with Crippen LogP contribution in [0.5, 0.6) is 0 Å². The van der Waals surface area contributed by atoms with Gasteiger partial charge in [-0.1, -0.05) is 24.3 Å². The van der Waals surface area contributed by atoms with Gasteiger partial charge in [0.15, 0.2) is 5.01 Å². The van der Waals surface area contributed by atoms with E-state index >= 15 is 0 Å². The molecule has 0 spiro atoms. The highest BCUT2D eigenvalue weighted by molar-refractivity contribution is 7.11. The normalized spacial score (nSPS) is 16.8. The first kappa shape index (κ1) is 22.2. The molecule has 0 radical (unpaired) electrons. The minimum absolute atomic E-state index is 0.00591. The van der Waals surface area contributed by atoms with E-state index in [0.29, 0.717) is 42.8 Å². The van der Waals surface area contributed by atoms with Gasteiger partial charge < -0.3 is 9.80 Å². The van der Waals surface area contributed by atoms with Crippen molar-refractivity contribution in [3.63, 3.8) is 0 Å². The average molecular weight is 478 g/mol. The molecule has 2 aliphatic rings. The number of thiazole rings is 1. The van der Waals surface area contributed by atoms with Gasteiger partial charge in [0.05, 0.1) is 4.92 Å². The number of benzene rings is 2. The van der Waals surface area contributed by atoms with Crippen molar-refractivity contribution in [1.82, 2.24) is 19.7 Å². The Labute approximate surface area is 200 Å². The molecule has 3 heterocycles. The van der Waals surface area contributed by atoms with Gasteiger partial charge in [0.2, 0.25) is 0 Å². The minimum atomic E-state index is -0.416. The van der Waals surface area contributed by atoms with E-state index in [4.69, 9.17) is 0 Å². The molecule has 3 aromatic rings. The zero-order valence-electron chi connectivity index (χ0n) is 18.4. The average Bonchev–Trinajstić information content (AvgIpc) is 3.38. The van der Waals surface area contributed by atoms with Gasteiger partial charge in [0, 0.05) is 74.6 Å². The molecule has 0 N–H and O–H groups in total. The number of nitrogens with zero attached hydrogens (tertiary/aromatic N) is 5. The van der Waals surface area contributed by atoms with Crippen molar-refractivity contribution in [2.45, 2.75) is 6.04 Å². The molecule has 2 amide bonds. The number of carbonyl (C=O) groups excluding carboxylic acids is 2. The topological polar surface area (TPSA) is 99.9 Å². The van der Waals surface area contributed by atoms with Gasteiger partial charge in [-0.15, -0.1) is 11.3 Å². The first-order chi connectivity index (χ1) is 16.5. The van der Waals surface area contributed by atoms with Crippen LogP contribution in [0.2, 0.25) is 0 Å². The summed E-state index contributed by atoms with van der Waals surface area (Å²) in [6.07, 6.45) is 1.65. The van der Waals surface area contributed by atoms with E-state index < -0.39 is 4.92 Å². The highest BCUT2D eigenvalue weighted by atomic mass is 32.1. The summed E-state index contributed by atoms with van der Waals surface area (Å²) in [7, 11) is 0. The first-order valence-electron chi connectivity index (χ1n) is 11.1. The van der Waals surface area contributed by atoms with Crippen LogP contribution in [-0.2, 0) is 0 Å². The Morgan fingerprint density at radius 2 is 1.68 bits per heavy atom. The molecule has 5 rings (SSSR count). The molecule has 0 aliphatic carbocycles. The fourth-order valence-corrected chi connectivity index (χ4v) is 5.00. The number of nitro groups is 1. The molecule has 1 aromatic heterocycles. The van der Waals surface area contributed by atoms with E-state index in [-0.39, 0.29) is 17.5 Å². The summed E-state index contributed by atoms with van der Waals surface area (Å²) in [6, 6.07) is 14.0. The molecule has 0 atom stereocenters. The molecule has 10 heteroatoms. The number of hydrogen-bond donors (Lipinski definition) is 0. The number of carbonyl (C=O) groups is 2. The van der Waals surface area contributed by atoms with Gasteiger partial charge in [0.25, 0.3) is 17.5 Å². The Morgan fingerprint density at radius 1 is 0.941 bits per heavy atom. The number of non-ortho nitro benzene ring substituents is 1. The zero-order chi connectivity index (χ0) is 23.7. The van der Waals surface area contributed by atoms with E-state index in [9.17, 15) is 19.7 Å². The maximum absolute atomic E-state index is 12.9. The van der Waals surface area contributed by atoms with Crippen molar-refractivity contribution in [2.24, 2.45) is 0 Å². The van der Waals surface area contributed by atoms with Gasteiger partial charge in [-0.2, -0.15) is 0 Å². The lowest BCUT2D eigenvalue weighted by molar-refractivity contribution is -0.384. The Balaban J connectivity index is 1.13. The maximum Gasteiger partial charge on any atom is 0.282 e. The van der Waals surface area contributed by atoms with E-state index in [1.54, 1.807) is 24.4 Å². The Bertz CT molecular complexity index is 1200. The minimum Gasteiger partial charge on any atom is -0.335 e. The Kier molecular flexibility index (Phi) is 6.08. The second kappa shape index (κ2) is 9.32. The number of likely N-dealkylation sites (tertiary alicyclic amines) is 1. The summed E-state index contributed by atoms with van der Waals surface area (Å²) < 4.78 is 0. The van der Waals surface area contributed by atoms with E-state index in [1.165, 1.54) is 23.5 Å². The number of amides is 2. The van der Waals surface area contributed by atoms with Crippen LogP contribution in [0.25, 0.3) is 11.1 Å². The summed E-state index contributed by atoms with van der Waals surface area (Å²) in [5, 5.41) is 13.4. The lowest BCUT2D eigenvalue weighted by Gasteiger charge is -2.48. The van der Waals surface area contributed by atoms with E-state index in [0.717, 1.165) is 24.2 Å². The third kappa shape index (κ3) is 4.42. The largest absolute Gasteiger partial charge is 0.335 e. The van der Waals surface area contributed by atoms with Crippen LogP contribution in [0.4, 0.5) is 5.69 Å². The number of hydrogen-bond acceptors (Lipinski definition) is 7. The number of nitro benzene ring substituents is 1. The molecular weight excluding hydrogens is 454 g/mol. The molecule has 0 bridgehead atoms. The third-order valence-electron chi connectivity index (χ3n) is 6.40. The van der Waals surface area contributed by atoms with Crippen LogP contribution in [0, 0.1) is 10.1 Å². The SMILES string of the molecule is O=C(c1ccc(-c2cccc([N+](=O)[O-])c2)cc1)N1CC(N2CCN(C(=O)c3nccs3)CC2)C1. The zero-order valence-corrected chi connectivity index (χ0v) is 19.2. The van der Waals surface area contributed by atoms with E-state index in [2.05, 4.69) is 9.88 Å². The van der Waals surface area contributed by atoms with Gasteiger partial charge in [-0.05, 0) is 23.3 Å². The van der Waals surface area contributed by atoms with Crippen molar-refractivity contribution < 1.29 is 14.5 Å². The number of rotatable bonds is 5. The second-order valence-electron chi connectivity index (χ2n) is 8.41. The molecule has 34 heavy (non-hydrogen) atoms. The maximum atomic E-state index is 12.9. The van der Waals surface area contributed by atoms with Crippen LogP contribution in [0.1, 0.15) is 20.2 Å². The lowest BCUT2D eigenvalue weighted by Crippen LogP contribution is -2.64. The number of aromatic nitrogens is 1. The molecule has 2 aliphatic heterocycles. The molecule has 0 saturated carbocycles. The number of piperazine rings is 1. The van der Waals surface area contributed by atoms with Crippen LogP contribution in [0.15, 0.2) is 60.1 Å². The monoisotopic (exact) mass is 477 g/mol. The van der Waals surface area contributed by atoms with Crippen LogP contribution >= 0.6 is 11.3 Å². The van der Waals surface area contributed by atoms with Crippen molar-refractivity contribution in [3.05, 3.63) is 80.8 Å². The van der Waals surface area contributed by atoms with Crippen molar-refractivity contribution in [2.75, 3.05) is 39.3 Å². The standard InChI is InChI=1S/C24H23N5O4S/c30-23(18-6-4-17(5-7-18)19-2-1-3-20(14-19)29(32)33)28-15-21(16-28)26-9-11-27(12-10-26)24(31)22-25-8-13-34-22/h1-8,13-14,21H,9-12,15-16H2. The predicted octanol–water partition coefficient (Wildman–Crippen LogP) is 3.00. The van der Waals surface area contributed by atoms with Crippen LogP contribution < -0.4 is 0 Å². The fourth-order valence-electron chi connectivity index (χ4n) is 4.39. The van der Waals surface area contributed by atoms with Gasteiger partial charge in [0.1, 0.15) is 0 Å². The lowest BCUT2D eigenvalue weighted by atomic mass is 10.0. The molecule has 2 aromatic carbocycles. The molecular formula is C24H23N5O4S. The quantitative estimate of drug-likeness (QED) is 0.414. The molecule has 174 valence electrons. The predicted molar refractivity (Wildman–Crippen MR) is 128 cm³/mol. The van der Waals surface area contributed by atoms with Crippen molar-refractivity contribution in [3.8, 4) is 11.1 Å². The molecule has 0 unspecified atom stereocenters. The highest BCUT2D eigenvalue weighted by Crippen LogP contribution is 2.26. The van der Waals surface area contributed by atoms with Gasteiger partial charge in [-0.3, -0.25) is 24.6 Å². The summed E-state index contributed by atoms with van der Waals surface area (Å²) in [6.45, 7) is 4.27. The molecule has 2 saturated heterocycles. The smallest absolute Gasteiger partial charge is 0.282 e. The van der Waals surface area contributed by atoms with Gasteiger partial charge >= 0.3 is 0 Å². The summed E-state index contributed by atoms with van der Waals surface area (Å²) in [5.74, 6) is -0.0203. The third-order valence-corrected chi connectivity index (χ3v) is 7.17. The van der Waals surface area contributed by atoms with Crippen molar-refractivity contribution in [1.29, 1.82) is 0 Å². The molecule has 9 nitrogen and oxygen atoms in total. The Morgan fingerprint density at radius 3 is 2.32 bits per heavy atom. The summed E-state index contributed by atoms with van der Waals surface area (Å²) >= 11 is 1.36. The van der Waals surface area contributed by atoms with Crippen LogP contribution in [0.3, 0.4) is 0 Å². The van der Waals surface area contributed by atoms with Crippen LogP contribution in [-0.4, -0.2) is 81.7 Å². The second-order valence-corrected chi connectivity index (χ2v) is 9.31. The summed E-state index contributed by atoms with van der Waals surface area (Å²) in [4.78, 5) is 46.1. The first-order valence-corrected chi connectivity index (χ1v) is 11.9.